The fourth-order valence-electron chi connectivity index (χ4n) is 5.03. The highest BCUT2D eigenvalue weighted by Gasteiger charge is 2.35. The molecule has 2 fully saturated rings. The Morgan fingerprint density at radius 2 is 1.82 bits per heavy atom. The van der Waals surface area contributed by atoms with Gasteiger partial charge in [0.15, 0.2) is 5.13 Å². The van der Waals surface area contributed by atoms with E-state index in [0.29, 0.717) is 30.3 Å². The van der Waals surface area contributed by atoms with Crippen LogP contribution >= 0.6 is 23.7 Å². The van der Waals surface area contributed by atoms with E-state index >= 15 is 0 Å². The maximum Gasteiger partial charge on any atom is 0.243 e. The van der Waals surface area contributed by atoms with Crippen LogP contribution in [0, 0.1) is 11.7 Å². The van der Waals surface area contributed by atoms with E-state index in [0.717, 1.165) is 61.6 Å². The number of anilines is 1. The maximum atomic E-state index is 13.9. The molecule has 1 amide bonds. The SMILES string of the molecule is COc1ccc2sc(N(CCCN3CCOCC3)C(=O)C3CCN(S(=O)(=O)c4ccc(F)cc4)CC3)nc2c1.Cl. The van der Waals surface area contributed by atoms with Crippen molar-refractivity contribution in [3.8, 4) is 5.75 Å². The number of rotatable bonds is 9. The van der Waals surface area contributed by atoms with E-state index in [1.54, 1.807) is 12.0 Å². The Morgan fingerprint density at radius 1 is 1.12 bits per heavy atom. The molecule has 13 heteroatoms. The van der Waals surface area contributed by atoms with Crippen molar-refractivity contribution in [2.45, 2.75) is 24.2 Å². The van der Waals surface area contributed by atoms with E-state index in [2.05, 4.69) is 4.90 Å². The van der Waals surface area contributed by atoms with Crippen LogP contribution in [-0.4, -0.2) is 88.1 Å². The molecule has 2 aromatic carbocycles. The second-order valence-corrected chi connectivity index (χ2v) is 12.7. The number of carbonyl (C=O) groups is 1. The molecule has 0 radical (unpaired) electrons. The number of sulfonamides is 1. The van der Waals surface area contributed by atoms with Gasteiger partial charge in [-0.2, -0.15) is 4.31 Å². The van der Waals surface area contributed by atoms with Crippen molar-refractivity contribution < 1.29 is 27.1 Å². The highest BCUT2D eigenvalue weighted by molar-refractivity contribution is 7.89. The molecule has 9 nitrogen and oxygen atoms in total. The van der Waals surface area contributed by atoms with Crippen LogP contribution in [0.3, 0.4) is 0 Å². The number of carbonyl (C=O) groups excluding carboxylic acids is 1. The Hall–Kier alpha value is -2.35. The number of ether oxygens (including phenoxy) is 2. The summed E-state index contributed by atoms with van der Waals surface area (Å²) in [5, 5.41) is 0.645. The number of piperidine rings is 1. The maximum absolute atomic E-state index is 13.9. The Kier molecular flexibility index (Phi) is 10.4. The molecule has 0 unspecified atom stereocenters. The zero-order valence-corrected chi connectivity index (χ0v) is 24.8. The smallest absolute Gasteiger partial charge is 0.243 e. The fourth-order valence-corrected chi connectivity index (χ4v) is 7.48. The van der Waals surface area contributed by atoms with Crippen LogP contribution in [0.5, 0.6) is 5.75 Å². The van der Waals surface area contributed by atoms with Crippen molar-refractivity contribution in [1.29, 1.82) is 0 Å². The van der Waals surface area contributed by atoms with Crippen molar-refractivity contribution in [2.75, 3.05) is 64.5 Å². The minimum atomic E-state index is -3.75. The number of hydrogen-bond donors (Lipinski definition) is 0. The van der Waals surface area contributed by atoms with Gasteiger partial charge in [0.2, 0.25) is 15.9 Å². The van der Waals surface area contributed by atoms with Gasteiger partial charge in [-0.1, -0.05) is 11.3 Å². The highest BCUT2D eigenvalue weighted by Crippen LogP contribution is 2.33. The average molecular weight is 613 g/mol. The third-order valence-electron chi connectivity index (χ3n) is 7.29. The number of aromatic nitrogens is 1. The van der Waals surface area contributed by atoms with Crippen LogP contribution in [0.25, 0.3) is 10.2 Å². The lowest BCUT2D eigenvalue weighted by Crippen LogP contribution is -2.45. The summed E-state index contributed by atoms with van der Waals surface area (Å²) in [7, 11) is -2.14. The molecule has 0 aliphatic carbocycles. The molecule has 40 heavy (non-hydrogen) atoms. The summed E-state index contributed by atoms with van der Waals surface area (Å²) >= 11 is 1.47. The first-order valence-corrected chi connectivity index (χ1v) is 15.4. The van der Waals surface area contributed by atoms with Gasteiger partial charge in [-0.25, -0.2) is 17.8 Å². The molecule has 218 valence electrons. The van der Waals surface area contributed by atoms with Gasteiger partial charge in [0, 0.05) is 51.3 Å². The molecular weight excluding hydrogens is 579 g/mol. The first-order valence-electron chi connectivity index (χ1n) is 13.2. The number of benzene rings is 2. The number of hydrogen-bond acceptors (Lipinski definition) is 8. The Bertz CT molecular complexity index is 1390. The lowest BCUT2D eigenvalue weighted by atomic mass is 9.96. The normalized spacial score (nSPS) is 17.4. The quantitative estimate of drug-likeness (QED) is 0.360. The van der Waals surface area contributed by atoms with Crippen molar-refractivity contribution in [2.24, 2.45) is 5.92 Å². The zero-order valence-electron chi connectivity index (χ0n) is 22.3. The molecular formula is C27H34ClFN4O5S2. The third-order valence-corrected chi connectivity index (χ3v) is 10.3. The number of morpholine rings is 1. The first-order chi connectivity index (χ1) is 18.8. The standard InChI is InChI=1S/C27H33FN4O5S2.ClH/c1-36-22-5-8-25-24(19-22)29-27(38-25)32(12-2-11-30-15-17-37-18-16-30)26(33)20-9-13-31(14-10-20)39(34,35)23-6-3-21(28)4-7-23;/h3-8,19-20H,2,9-18H2,1H3;1H. The summed E-state index contributed by atoms with van der Waals surface area (Å²) in [4.78, 5) is 22.8. The van der Waals surface area contributed by atoms with Crippen LogP contribution < -0.4 is 9.64 Å². The minimum absolute atomic E-state index is 0. The van der Waals surface area contributed by atoms with Crippen LogP contribution in [-0.2, 0) is 19.6 Å². The van der Waals surface area contributed by atoms with Crippen molar-refractivity contribution in [1.82, 2.24) is 14.2 Å². The molecule has 5 rings (SSSR count). The second kappa shape index (κ2) is 13.5. The predicted octanol–water partition coefficient (Wildman–Crippen LogP) is 4.02. The monoisotopic (exact) mass is 612 g/mol. The van der Waals surface area contributed by atoms with E-state index in [1.807, 2.05) is 18.2 Å². The average Bonchev–Trinajstić information content (AvgIpc) is 3.39. The third kappa shape index (κ3) is 6.92. The Morgan fingerprint density at radius 3 is 2.50 bits per heavy atom. The van der Waals surface area contributed by atoms with Crippen LogP contribution in [0.1, 0.15) is 19.3 Å². The molecule has 2 saturated heterocycles. The van der Waals surface area contributed by atoms with Crippen LogP contribution in [0.15, 0.2) is 47.4 Å². The van der Waals surface area contributed by atoms with Crippen LogP contribution in [0.2, 0.25) is 0 Å². The molecule has 3 aromatic rings. The Labute approximate surface area is 244 Å². The molecule has 0 atom stereocenters. The van der Waals surface area contributed by atoms with Crippen molar-refractivity contribution in [3.05, 3.63) is 48.3 Å². The molecule has 2 aliphatic rings. The molecule has 3 heterocycles. The minimum Gasteiger partial charge on any atom is -0.497 e. The lowest BCUT2D eigenvalue weighted by molar-refractivity contribution is -0.123. The number of nitrogens with zero attached hydrogens (tertiary/aromatic N) is 4. The summed E-state index contributed by atoms with van der Waals surface area (Å²) < 4.78 is 52.5. The number of amides is 1. The topological polar surface area (TPSA) is 92.3 Å². The summed E-state index contributed by atoms with van der Waals surface area (Å²) in [5.74, 6) is -0.115. The Balaban J connectivity index is 0.00000370. The van der Waals surface area contributed by atoms with E-state index in [4.69, 9.17) is 14.5 Å². The molecule has 0 bridgehead atoms. The number of methoxy groups -OCH3 is 1. The molecule has 0 N–H and O–H groups in total. The van der Waals surface area contributed by atoms with Crippen LogP contribution in [0.4, 0.5) is 9.52 Å². The van der Waals surface area contributed by atoms with Crippen molar-refractivity contribution >= 4 is 55.0 Å². The summed E-state index contributed by atoms with van der Waals surface area (Å²) in [6.07, 6.45) is 1.62. The van der Waals surface area contributed by atoms with Gasteiger partial charge in [-0.3, -0.25) is 14.6 Å². The number of thiazole rings is 1. The van der Waals surface area contributed by atoms with Gasteiger partial charge in [-0.05, 0) is 55.7 Å². The van der Waals surface area contributed by atoms with Gasteiger partial charge in [0.25, 0.3) is 0 Å². The van der Waals surface area contributed by atoms with Gasteiger partial charge in [0.05, 0.1) is 35.4 Å². The molecule has 0 spiro atoms. The summed E-state index contributed by atoms with van der Waals surface area (Å²) in [5.41, 5.74) is 0.778. The van der Waals surface area contributed by atoms with Gasteiger partial charge in [-0.15, -0.1) is 12.4 Å². The largest absolute Gasteiger partial charge is 0.497 e. The molecule has 1 aromatic heterocycles. The summed E-state index contributed by atoms with van der Waals surface area (Å²) in [6, 6.07) is 10.5. The van der Waals surface area contributed by atoms with Gasteiger partial charge < -0.3 is 9.47 Å². The first kappa shape index (κ1) is 30.6. The van der Waals surface area contributed by atoms with E-state index in [9.17, 15) is 17.6 Å². The lowest BCUT2D eigenvalue weighted by Gasteiger charge is -2.33. The van der Waals surface area contributed by atoms with E-state index < -0.39 is 15.8 Å². The number of halogens is 2. The summed E-state index contributed by atoms with van der Waals surface area (Å²) in [6.45, 7) is 5.07. The highest BCUT2D eigenvalue weighted by atomic mass is 35.5. The predicted molar refractivity (Wildman–Crippen MR) is 156 cm³/mol. The number of fused-ring (bicyclic) bond motifs is 1. The molecule has 2 aliphatic heterocycles. The van der Waals surface area contributed by atoms with E-state index in [1.165, 1.54) is 27.8 Å². The van der Waals surface area contributed by atoms with E-state index in [-0.39, 0.29) is 42.2 Å². The second-order valence-electron chi connectivity index (χ2n) is 9.76. The molecule has 0 saturated carbocycles. The fraction of sp³-hybridized carbons (Fsp3) is 0.481. The van der Waals surface area contributed by atoms with Gasteiger partial charge >= 0.3 is 0 Å². The van der Waals surface area contributed by atoms with Crippen molar-refractivity contribution in [3.63, 3.8) is 0 Å². The van der Waals surface area contributed by atoms with Gasteiger partial charge in [0.1, 0.15) is 11.6 Å². The zero-order chi connectivity index (χ0) is 27.4.